The van der Waals surface area contributed by atoms with Crippen molar-refractivity contribution >= 4 is 5.97 Å². The van der Waals surface area contributed by atoms with E-state index >= 15 is 0 Å². The molecule has 1 N–H and O–H groups in total. The molecular formula is C15H30N2O2. The molecule has 1 aliphatic heterocycles. The van der Waals surface area contributed by atoms with Crippen molar-refractivity contribution in [3.05, 3.63) is 0 Å². The van der Waals surface area contributed by atoms with E-state index in [0.29, 0.717) is 18.1 Å². The first kappa shape index (κ1) is 16.4. The van der Waals surface area contributed by atoms with E-state index < -0.39 is 0 Å². The number of likely N-dealkylation sites (tertiary alicyclic amines) is 1. The third-order valence-corrected chi connectivity index (χ3v) is 4.12. The van der Waals surface area contributed by atoms with Crippen molar-refractivity contribution in [3.63, 3.8) is 0 Å². The van der Waals surface area contributed by atoms with Crippen LogP contribution in [0.4, 0.5) is 0 Å². The molecule has 0 radical (unpaired) electrons. The lowest BCUT2D eigenvalue weighted by Gasteiger charge is -2.29. The second-order valence-corrected chi connectivity index (χ2v) is 5.91. The fraction of sp³-hybridized carbons (Fsp3) is 0.933. The van der Waals surface area contributed by atoms with Gasteiger partial charge in [-0.15, -0.1) is 0 Å². The number of nitrogens with one attached hydrogen (secondary N) is 1. The van der Waals surface area contributed by atoms with Gasteiger partial charge in [-0.2, -0.15) is 0 Å². The van der Waals surface area contributed by atoms with E-state index in [1.807, 2.05) is 0 Å². The third kappa shape index (κ3) is 4.77. The van der Waals surface area contributed by atoms with Gasteiger partial charge in [-0.25, -0.2) is 0 Å². The van der Waals surface area contributed by atoms with Crippen molar-refractivity contribution < 1.29 is 9.53 Å². The molecule has 0 aromatic carbocycles. The molecule has 0 aromatic rings. The predicted molar refractivity (Wildman–Crippen MR) is 78.2 cm³/mol. The van der Waals surface area contributed by atoms with Crippen LogP contribution in [0.1, 0.15) is 53.4 Å². The Bertz CT molecular complexity index is 281. The number of methoxy groups -OCH3 is 1. The zero-order valence-corrected chi connectivity index (χ0v) is 13.1. The summed E-state index contributed by atoms with van der Waals surface area (Å²) in [4.78, 5) is 14.3. The third-order valence-electron chi connectivity index (χ3n) is 4.12. The maximum atomic E-state index is 11.8. The number of nitrogens with zero attached hydrogens (tertiary/aromatic N) is 1. The van der Waals surface area contributed by atoms with Crippen molar-refractivity contribution in [2.75, 3.05) is 13.7 Å². The quantitative estimate of drug-likeness (QED) is 0.720. The van der Waals surface area contributed by atoms with E-state index in [9.17, 15) is 4.79 Å². The van der Waals surface area contributed by atoms with E-state index in [1.54, 1.807) is 0 Å². The van der Waals surface area contributed by atoms with Crippen LogP contribution in [-0.4, -0.2) is 48.7 Å². The molecule has 0 amide bonds. The average molecular weight is 270 g/mol. The highest BCUT2D eigenvalue weighted by Gasteiger charge is 2.30. The van der Waals surface area contributed by atoms with Gasteiger partial charge in [-0.3, -0.25) is 9.69 Å². The number of hydrogen-bond donors (Lipinski definition) is 1. The SMILES string of the molecule is CCC1CCC(C)N1CCC(NC(C)C)C(=O)OC. The van der Waals surface area contributed by atoms with Crippen LogP contribution in [0.2, 0.25) is 0 Å². The van der Waals surface area contributed by atoms with Crippen molar-refractivity contribution in [2.24, 2.45) is 0 Å². The Hall–Kier alpha value is -0.610. The molecule has 4 heteroatoms. The molecule has 112 valence electrons. The zero-order chi connectivity index (χ0) is 14.4. The summed E-state index contributed by atoms with van der Waals surface area (Å²) in [6, 6.07) is 1.44. The lowest BCUT2D eigenvalue weighted by Crippen LogP contribution is -2.45. The minimum atomic E-state index is -0.185. The molecule has 3 unspecified atom stereocenters. The van der Waals surface area contributed by atoms with Gasteiger partial charge >= 0.3 is 5.97 Å². The molecule has 0 aliphatic carbocycles. The number of carbonyl (C=O) groups excluding carboxylic acids is 1. The Labute approximate surface area is 117 Å². The van der Waals surface area contributed by atoms with Crippen molar-refractivity contribution in [1.82, 2.24) is 10.2 Å². The van der Waals surface area contributed by atoms with Crippen molar-refractivity contribution in [2.45, 2.75) is 77.5 Å². The highest BCUT2D eigenvalue weighted by atomic mass is 16.5. The maximum Gasteiger partial charge on any atom is 0.322 e. The standard InChI is InChI=1S/C15H30N2O2/c1-6-13-8-7-12(4)17(13)10-9-14(15(18)19-5)16-11(2)3/h11-14,16H,6-10H2,1-5H3. The van der Waals surface area contributed by atoms with Crippen LogP contribution in [0, 0.1) is 0 Å². The van der Waals surface area contributed by atoms with Crippen molar-refractivity contribution in [1.29, 1.82) is 0 Å². The summed E-state index contributed by atoms with van der Waals surface area (Å²) in [5.41, 5.74) is 0. The number of carbonyl (C=O) groups is 1. The maximum absolute atomic E-state index is 11.8. The largest absolute Gasteiger partial charge is 0.468 e. The van der Waals surface area contributed by atoms with Crippen LogP contribution in [-0.2, 0) is 9.53 Å². The molecule has 0 spiro atoms. The molecule has 1 rings (SSSR count). The molecule has 1 aliphatic rings. The van der Waals surface area contributed by atoms with Crippen molar-refractivity contribution in [3.8, 4) is 0 Å². The number of ether oxygens (including phenoxy) is 1. The second kappa shape index (κ2) is 7.85. The first-order chi connectivity index (χ1) is 8.99. The van der Waals surface area contributed by atoms with E-state index in [0.717, 1.165) is 13.0 Å². The zero-order valence-electron chi connectivity index (χ0n) is 13.1. The van der Waals surface area contributed by atoms with Gasteiger partial charge in [0.15, 0.2) is 0 Å². The van der Waals surface area contributed by atoms with Crippen LogP contribution in [0.3, 0.4) is 0 Å². The van der Waals surface area contributed by atoms with Gasteiger partial charge < -0.3 is 10.1 Å². The van der Waals surface area contributed by atoms with Gasteiger partial charge in [0.25, 0.3) is 0 Å². The van der Waals surface area contributed by atoms with Gasteiger partial charge in [0.1, 0.15) is 6.04 Å². The number of rotatable bonds is 7. The van der Waals surface area contributed by atoms with Crippen LogP contribution in [0.15, 0.2) is 0 Å². The van der Waals surface area contributed by atoms with Gasteiger partial charge in [-0.05, 0) is 32.6 Å². The van der Waals surface area contributed by atoms with E-state index in [-0.39, 0.29) is 12.0 Å². The van der Waals surface area contributed by atoms with Crippen LogP contribution in [0.25, 0.3) is 0 Å². The van der Waals surface area contributed by atoms with Gasteiger partial charge in [0.2, 0.25) is 0 Å². The Kier molecular flexibility index (Phi) is 6.80. The van der Waals surface area contributed by atoms with E-state index in [2.05, 4.69) is 37.9 Å². The number of hydrogen-bond acceptors (Lipinski definition) is 4. The van der Waals surface area contributed by atoms with Gasteiger partial charge in [0, 0.05) is 24.7 Å². The molecule has 3 atom stereocenters. The molecule has 1 heterocycles. The molecule has 0 saturated carbocycles. The fourth-order valence-corrected chi connectivity index (χ4v) is 3.06. The molecule has 0 aromatic heterocycles. The topological polar surface area (TPSA) is 41.6 Å². The van der Waals surface area contributed by atoms with Crippen LogP contribution in [0.5, 0.6) is 0 Å². The lowest BCUT2D eigenvalue weighted by molar-refractivity contribution is -0.143. The van der Waals surface area contributed by atoms with Gasteiger partial charge in [-0.1, -0.05) is 20.8 Å². The Morgan fingerprint density at radius 3 is 2.63 bits per heavy atom. The first-order valence-corrected chi connectivity index (χ1v) is 7.59. The summed E-state index contributed by atoms with van der Waals surface area (Å²) < 4.78 is 4.89. The summed E-state index contributed by atoms with van der Waals surface area (Å²) in [5.74, 6) is -0.145. The van der Waals surface area contributed by atoms with Crippen LogP contribution >= 0.6 is 0 Å². The van der Waals surface area contributed by atoms with Crippen LogP contribution < -0.4 is 5.32 Å². The molecule has 1 saturated heterocycles. The smallest absolute Gasteiger partial charge is 0.322 e. The second-order valence-electron chi connectivity index (χ2n) is 5.91. The lowest BCUT2D eigenvalue weighted by atomic mass is 10.1. The first-order valence-electron chi connectivity index (χ1n) is 7.59. The monoisotopic (exact) mass is 270 g/mol. The Balaban J connectivity index is 2.52. The predicted octanol–water partition coefficient (Wildman–Crippen LogP) is 2.18. The van der Waals surface area contributed by atoms with Gasteiger partial charge in [0.05, 0.1) is 7.11 Å². The highest BCUT2D eigenvalue weighted by Crippen LogP contribution is 2.26. The normalized spacial score (nSPS) is 25.8. The summed E-state index contributed by atoms with van der Waals surface area (Å²) in [6.07, 6.45) is 4.59. The minimum absolute atomic E-state index is 0.145. The highest BCUT2D eigenvalue weighted by molar-refractivity contribution is 5.75. The Morgan fingerprint density at radius 1 is 1.42 bits per heavy atom. The number of esters is 1. The average Bonchev–Trinajstić information content (AvgIpc) is 2.73. The summed E-state index contributed by atoms with van der Waals surface area (Å²) >= 11 is 0. The van der Waals surface area contributed by atoms with E-state index in [4.69, 9.17) is 4.74 Å². The Morgan fingerprint density at radius 2 is 2.11 bits per heavy atom. The summed E-state index contributed by atoms with van der Waals surface area (Å²) in [6.45, 7) is 9.63. The van der Waals surface area contributed by atoms with E-state index in [1.165, 1.54) is 26.4 Å². The molecule has 1 fully saturated rings. The molecule has 19 heavy (non-hydrogen) atoms. The summed E-state index contributed by atoms with van der Waals surface area (Å²) in [5, 5.41) is 3.30. The molecular weight excluding hydrogens is 240 g/mol. The minimum Gasteiger partial charge on any atom is -0.468 e. The molecule has 0 bridgehead atoms. The fourth-order valence-electron chi connectivity index (χ4n) is 3.06. The summed E-state index contributed by atoms with van der Waals surface area (Å²) in [7, 11) is 1.46. The molecule has 4 nitrogen and oxygen atoms in total.